The van der Waals surface area contributed by atoms with Gasteiger partial charge in [-0.15, -0.1) is 0 Å². The van der Waals surface area contributed by atoms with Gasteiger partial charge >= 0.3 is 0 Å². The second kappa shape index (κ2) is 8.64. The molecule has 148 valence electrons. The van der Waals surface area contributed by atoms with Crippen LogP contribution >= 0.6 is 0 Å². The molecule has 2 aromatic heterocycles. The van der Waals surface area contributed by atoms with E-state index in [0.717, 1.165) is 28.3 Å². The number of para-hydroxylation sites is 1. The van der Waals surface area contributed by atoms with E-state index in [9.17, 15) is 0 Å². The molecule has 3 nitrogen and oxygen atoms in total. The van der Waals surface area contributed by atoms with Crippen molar-refractivity contribution in [2.75, 3.05) is 4.90 Å². The van der Waals surface area contributed by atoms with Gasteiger partial charge < -0.3 is 4.90 Å². The van der Waals surface area contributed by atoms with Crippen molar-refractivity contribution in [2.24, 2.45) is 0 Å². The van der Waals surface area contributed by atoms with E-state index in [1.165, 1.54) is 11.1 Å². The van der Waals surface area contributed by atoms with Crippen LogP contribution in [0.3, 0.4) is 0 Å². The van der Waals surface area contributed by atoms with Gasteiger partial charge in [-0.1, -0.05) is 60.7 Å². The third-order valence-corrected chi connectivity index (χ3v) is 5.21. The molecule has 0 spiro atoms. The normalized spacial score (nSPS) is 10.6. The Kier molecular flexibility index (Phi) is 5.23. The number of hydrogen-bond donors (Lipinski definition) is 0. The van der Waals surface area contributed by atoms with Gasteiger partial charge in [-0.05, 0) is 59.7 Å². The Morgan fingerprint density at radius 1 is 0.452 bits per heavy atom. The molecule has 0 radical (unpaired) electrons. The minimum Gasteiger partial charge on any atom is -0.309 e. The molecule has 0 aliphatic carbocycles. The first-order valence-electron chi connectivity index (χ1n) is 10.3. The van der Waals surface area contributed by atoms with Gasteiger partial charge in [-0.2, -0.15) is 0 Å². The molecule has 5 rings (SSSR count). The lowest BCUT2D eigenvalue weighted by Crippen LogP contribution is -2.10. The summed E-state index contributed by atoms with van der Waals surface area (Å²) >= 11 is 0. The number of rotatable bonds is 5. The zero-order valence-corrected chi connectivity index (χ0v) is 17.0. The van der Waals surface area contributed by atoms with Crippen molar-refractivity contribution in [1.29, 1.82) is 0 Å². The van der Waals surface area contributed by atoms with Crippen LogP contribution in [0.4, 0.5) is 17.1 Å². The summed E-state index contributed by atoms with van der Waals surface area (Å²) in [5.74, 6) is 0. The van der Waals surface area contributed by atoms with Crippen molar-refractivity contribution >= 4 is 17.1 Å². The molecule has 0 aliphatic heterocycles. The molecular formula is C28H21N3. The number of aromatic nitrogens is 2. The summed E-state index contributed by atoms with van der Waals surface area (Å²) in [5, 5.41) is 0. The van der Waals surface area contributed by atoms with Gasteiger partial charge in [0.2, 0.25) is 0 Å². The van der Waals surface area contributed by atoms with Crippen LogP contribution < -0.4 is 4.90 Å². The number of nitrogens with zero attached hydrogens (tertiary/aromatic N) is 3. The van der Waals surface area contributed by atoms with Crippen LogP contribution in [-0.4, -0.2) is 9.97 Å². The van der Waals surface area contributed by atoms with Crippen molar-refractivity contribution in [1.82, 2.24) is 9.97 Å². The predicted octanol–water partition coefficient (Wildman–Crippen LogP) is 7.28. The predicted molar refractivity (Wildman–Crippen MR) is 128 cm³/mol. The fourth-order valence-electron chi connectivity index (χ4n) is 3.66. The molecule has 0 N–H and O–H groups in total. The van der Waals surface area contributed by atoms with Crippen molar-refractivity contribution < 1.29 is 0 Å². The molecule has 0 aliphatic rings. The Morgan fingerprint density at radius 3 is 1.71 bits per heavy atom. The Labute approximate surface area is 182 Å². The summed E-state index contributed by atoms with van der Waals surface area (Å²) in [6, 6.07) is 37.5. The molecule has 3 aromatic carbocycles. The van der Waals surface area contributed by atoms with E-state index >= 15 is 0 Å². The van der Waals surface area contributed by atoms with E-state index in [0.29, 0.717) is 0 Å². The van der Waals surface area contributed by atoms with Crippen LogP contribution in [0, 0.1) is 0 Å². The monoisotopic (exact) mass is 399 g/mol. The second-order valence-electron chi connectivity index (χ2n) is 7.23. The highest BCUT2D eigenvalue weighted by molar-refractivity contribution is 5.78. The molecule has 0 saturated carbocycles. The Hall–Kier alpha value is -4.24. The summed E-state index contributed by atoms with van der Waals surface area (Å²) in [5.41, 5.74) is 7.50. The van der Waals surface area contributed by atoms with E-state index < -0.39 is 0 Å². The van der Waals surface area contributed by atoms with Crippen molar-refractivity contribution in [2.45, 2.75) is 0 Å². The molecule has 0 fully saturated rings. The summed E-state index contributed by atoms with van der Waals surface area (Å²) in [6.45, 7) is 0. The molecule has 0 unspecified atom stereocenters. The molecule has 0 amide bonds. The number of pyridine rings is 2. The highest BCUT2D eigenvalue weighted by Gasteiger charge is 2.13. The number of hydrogen-bond acceptors (Lipinski definition) is 3. The average Bonchev–Trinajstić information content (AvgIpc) is 2.87. The third kappa shape index (κ3) is 4.07. The molecule has 5 aromatic rings. The van der Waals surface area contributed by atoms with Gasteiger partial charge in [-0.25, -0.2) is 0 Å². The van der Waals surface area contributed by atoms with Gasteiger partial charge in [-0.3, -0.25) is 9.97 Å². The van der Waals surface area contributed by atoms with E-state index in [4.69, 9.17) is 4.98 Å². The van der Waals surface area contributed by atoms with E-state index in [1.807, 2.05) is 42.7 Å². The fourth-order valence-corrected chi connectivity index (χ4v) is 3.66. The van der Waals surface area contributed by atoms with E-state index in [-0.39, 0.29) is 0 Å². The molecule has 0 saturated heterocycles. The fraction of sp³-hybridized carbons (Fsp3) is 0. The first-order valence-corrected chi connectivity index (χ1v) is 10.3. The number of anilines is 3. The summed E-state index contributed by atoms with van der Waals surface area (Å²) in [6.07, 6.45) is 5.52. The lowest BCUT2D eigenvalue weighted by molar-refractivity contribution is 1.22. The molecule has 0 atom stereocenters. The zero-order chi connectivity index (χ0) is 20.9. The lowest BCUT2D eigenvalue weighted by atomic mass is 10.0. The van der Waals surface area contributed by atoms with E-state index in [1.54, 1.807) is 6.20 Å². The minimum absolute atomic E-state index is 0.907. The third-order valence-electron chi connectivity index (χ3n) is 5.21. The van der Waals surface area contributed by atoms with Gasteiger partial charge in [0.1, 0.15) is 0 Å². The molecular weight excluding hydrogens is 378 g/mol. The van der Waals surface area contributed by atoms with Crippen LogP contribution in [0.25, 0.3) is 22.4 Å². The van der Waals surface area contributed by atoms with Gasteiger partial charge in [0.25, 0.3) is 0 Å². The average molecular weight is 399 g/mol. The first-order chi connectivity index (χ1) is 15.4. The second-order valence-corrected chi connectivity index (χ2v) is 7.23. The largest absolute Gasteiger partial charge is 0.309 e. The van der Waals surface area contributed by atoms with Gasteiger partial charge in [0.15, 0.2) is 0 Å². The van der Waals surface area contributed by atoms with Crippen molar-refractivity contribution in [3.63, 3.8) is 0 Å². The van der Waals surface area contributed by atoms with Crippen LogP contribution in [0.2, 0.25) is 0 Å². The molecule has 31 heavy (non-hydrogen) atoms. The van der Waals surface area contributed by atoms with Crippen LogP contribution in [0.5, 0.6) is 0 Å². The summed E-state index contributed by atoms with van der Waals surface area (Å²) < 4.78 is 0. The Bertz CT molecular complexity index is 1150. The molecule has 0 bridgehead atoms. The topological polar surface area (TPSA) is 29.0 Å². The smallest absolute Gasteiger partial charge is 0.0719 e. The maximum atomic E-state index is 4.70. The van der Waals surface area contributed by atoms with Gasteiger partial charge in [0, 0.05) is 29.3 Å². The minimum atomic E-state index is 0.907. The molecule has 3 heteroatoms. The lowest BCUT2D eigenvalue weighted by Gasteiger charge is -2.25. The first kappa shape index (κ1) is 18.8. The maximum Gasteiger partial charge on any atom is 0.0719 e. The van der Waals surface area contributed by atoms with Crippen LogP contribution in [0.15, 0.2) is 128 Å². The van der Waals surface area contributed by atoms with Crippen molar-refractivity contribution in [3.8, 4) is 22.4 Å². The Morgan fingerprint density at radius 2 is 1.06 bits per heavy atom. The zero-order valence-electron chi connectivity index (χ0n) is 17.0. The van der Waals surface area contributed by atoms with Crippen LogP contribution in [0.1, 0.15) is 0 Å². The number of benzene rings is 3. The van der Waals surface area contributed by atoms with Gasteiger partial charge in [0.05, 0.1) is 17.6 Å². The van der Waals surface area contributed by atoms with Crippen molar-refractivity contribution in [3.05, 3.63) is 128 Å². The summed E-state index contributed by atoms with van der Waals surface area (Å²) in [4.78, 5) is 11.1. The highest BCUT2D eigenvalue weighted by Crippen LogP contribution is 2.35. The Balaban J connectivity index is 1.52. The van der Waals surface area contributed by atoms with E-state index in [2.05, 4.69) is 88.7 Å². The van der Waals surface area contributed by atoms with Crippen LogP contribution in [-0.2, 0) is 0 Å². The molecule has 2 heterocycles. The maximum absolute atomic E-state index is 4.70. The quantitative estimate of drug-likeness (QED) is 0.311. The SMILES string of the molecule is c1ccc(-c2ccc(N(c3ccccc3)c3ccc(-c4cccnc4)nc3)cc2)cc1. The highest BCUT2D eigenvalue weighted by atomic mass is 15.1. The standard InChI is InChI=1S/C28H21N3/c1-3-8-22(9-4-1)23-13-15-26(16-14-23)31(25-11-5-2-6-12-25)27-17-18-28(30-21-27)24-10-7-19-29-20-24/h1-21H. The summed E-state index contributed by atoms with van der Waals surface area (Å²) in [7, 11) is 0.